The number of imidazole rings is 1. The number of rotatable bonds is 4. The maximum Gasteiger partial charge on any atom is 0.230 e. The number of amidine groups is 1. The first-order valence-corrected chi connectivity index (χ1v) is 4.37. The Morgan fingerprint density at radius 3 is 3.13 bits per heavy atom. The monoisotopic (exact) mass is 211 g/mol. The second kappa shape index (κ2) is 4.99. The normalized spacial score (nSPS) is 13.5. The van der Waals surface area contributed by atoms with Gasteiger partial charge in [-0.05, 0) is 6.92 Å². The number of nitrogens with zero attached hydrogens (tertiary/aromatic N) is 2. The molecular formula is C8H13N5O2. The molecule has 0 radical (unpaired) electrons. The number of hydrogen-bond donors (Lipinski definition) is 4. The van der Waals surface area contributed by atoms with E-state index in [4.69, 9.17) is 10.9 Å². The van der Waals surface area contributed by atoms with Crippen LogP contribution >= 0.6 is 0 Å². The summed E-state index contributed by atoms with van der Waals surface area (Å²) in [5.41, 5.74) is 6.07. The lowest BCUT2D eigenvalue weighted by Crippen LogP contribution is -2.36. The third kappa shape index (κ3) is 2.97. The van der Waals surface area contributed by atoms with Crippen molar-refractivity contribution in [2.45, 2.75) is 13.5 Å². The van der Waals surface area contributed by atoms with Gasteiger partial charge in [0.2, 0.25) is 5.91 Å². The van der Waals surface area contributed by atoms with Crippen LogP contribution in [0.3, 0.4) is 0 Å². The molecule has 1 unspecified atom stereocenters. The molecule has 7 nitrogen and oxygen atoms in total. The van der Waals surface area contributed by atoms with E-state index in [-0.39, 0.29) is 11.7 Å². The molecule has 0 fully saturated rings. The van der Waals surface area contributed by atoms with Crippen LogP contribution in [0.2, 0.25) is 0 Å². The van der Waals surface area contributed by atoms with Gasteiger partial charge in [-0.3, -0.25) is 4.79 Å². The quantitative estimate of drug-likeness (QED) is 0.230. The highest BCUT2D eigenvalue weighted by molar-refractivity contribution is 6.01. The van der Waals surface area contributed by atoms with Crippen LogP contribution in [-0.4, -0.2) is 26.9 Å². The molecule has 15 heavy (non-hydrogen) atoms. The van der Waals surface area contributed by atoms with Crippen LogP contribution in [0.25, 0.3) is 0 Å². The number of aromatic amines is 1. The molecule has 1 aromatic heterocycles. The van der Waals surface area contributed by atoms with Crippen molar-refractivity contribution in [1.29, 1.82) is 0 Å². The van der Waals surface area contributed by atoms with E-state index in [0.717, 1.165) is 5.69 Å². The Morgan fingerprint density at radius 2 is 2.60 bits per heavy atom. The van der Waals surface area contributed by atoms with Crippen LogP contribution in [0.15, 0.2) is 17.7 Å². The van der Waals surface area contributed by atoms with Gasteiger partial charge in [0.15, 0.2) is 5.84 Å². The topological polar surface area (TPSA) is 116 Å². The Balaban J connectivity index is 2.43. The lowest BCUT2D eigenvalue weighted by atomic mass is 10.1. The SMILES string of the molecule is CC(C(=O)NCc1cnc[nH]1)C(N)=NO. The smallest absolute Gasteiger partial charge is 0.230 e. The number of carbonyl (C=O) groups excluding carboxylic acids is 1. The molecule has 1 heterocycles. The van der Waals surface area contributed by atoms with E-state index in [9.17, 15) is 4.79 Å². The minimum absolute atomic E-state index is 0.114. The highest BCUT2D eigenvalue weighted by Crippen LogP contribution is 1.96. The Morgan fingerprint density at radius 1 is 1.87 bits per heavy atom. The Bertz CT molecular complexity index is 346. The summed E-state index contributed by atoms with van der Waals surface area (Å²) in [5, 5.41) is 13.8. The fraction of sp³-hybridized carbons (Fsp3) is 0.375. The molecule has 0 saturated carbocycles. The van der Waals surface area contributed by atoms with Crippen LogP contribution in [0.5, 0.6) is 0 Å². The van der Waals surface area contributed by atoms with Gasteiger partial charge < -0.3 is 21.2 Å². The summed E-state index contributed by atoms with van der Waals surface area (Å²) in [7, 11) is 0. The summed E-state index contributed by atoms with van der Waals surface area (Å²) < 4.78 is 0. The van der Waals surface area contributed by atoms with Gasteiger partial charge in [0.1, 0.15) is 0 Å². The molecule has 5 N–H and O–H groups in total. The number of amides is 1. The van der Waals surface area contributed by atoms with Gasteiger partial charge in [0.25, 0.3) is 0 Å². The van der Waals surface area contributed by atoms with Crippen molar-refractivity contribution in [2.24, 2.45) is 16.8 Å². The standard InChI is InChI=1S/C8H13N5O2/c1-5(7(9)13-15)8(14)11-3-6-2-10-4-12-6/h2,4-5,15H,3H2,1H3,(H2,9,13)(H,10,12)(H,11,14). The first-order chi connectivity index (χ1) is 7.15. The van der Waals surface area contributed by atoms with Gasteiger partial charge in [-0.2, -0.15) is 0 Å². The van der Waals surface area contributed by atoms with Crippen molar-refractivity contribution >= 4 is 11.7 Å². The molecule has 0 aliphatic heterocycles. The average molecular weight is 211 g/mol. The number of carbonyl (C=O) groups is 1. The molecule has 0 saturated heterocycles. The number of nitrogens with two attached hydrogens (primary N) is 1. The highest BCUT2D eigenvalue weighted by Gasteiger charge is 2.16. The summed E-state index contributed by atoms with van der Waals surface area (Å²) in [6.07, 6.45) is 3.13. The van der Waals surface area contributed by atoms with Gasteiger partial charge >= 0.3 is 0 Å². The van der Waals surface area contributed by atoms with Crippen molar-refractivity contribution in [3.63, 3.8) is 0 Å². The van der Waals surface area contributed by atoms with Crippen LogP contribution in [0.4, 0.5) is 0 Å². The molecule has 1 rings (SSSR count). The number of H-pyrrole nitrogens is 1. The second-order valence-corrected chi connectivity index (χ2v) is 3.04. The largest absolute Gasteiger partial charge is 0.409 e. The minimum Gasteiger partial charge on any atom is -0.409 e. The Labute approximate surface area is 86.4 Å². The van der Waals surface area contributed by atoms with Gasteiger partial charge in [0.05, 0.1) is 24.5 Å². The van der Waals surface area contributed by atoms with E-state index in [2.05, 4.69) is 20.4 Å². The van der Waals surface area contributed by atoms with Crippen molar-refractivity contribution in [3.8, 4) is 0 Å². The van der Waals surface area contributed by atoms with E-state index >= 15 is 0 Å². The number of aromatic nitrogens is 2. The van der Waals surface area contributed by atoms with Crippen LogP contribution in [0, 0.1) is 5.92 Å². The predicted molar refractivity (Wildman–Crippen MR) is 53.0 cm³/mol. The Hall–Kier alpha value is -2.05. The third-order valence-electron chi connectivity index (χ3n) is 1.96. The fourth-order valence-electron chi connectivity index (χ4n) is 0.938. The molecule has 1 aromatic rings. The first-order valence-electron chi connectivity index (χ1n) is 4.37. The lowest BCUT2D eigenvalue weighted by molar-refractivity contribution is -0.122. The summed E-state index contributed by atoms with van der Waals surface area (Å²) in [5.74, 6) is -1.07. The number of nitrogens with one attached hydrogen (secondary N) is 2. The van der Waals surface area contributed by atoms with Gasteiger partial charge in [0, 0.05) is 6.20 Å². The number of hydrogen-bond acceptors (Lipinski definition) is 4. The van der Waals surface area contributed by atoms with E-state index in [1.165, 1.54) is 6.33 Å². The zero-order chi connectivity index (χ0) is 11.3. The fourth-order valence-corrected chi connectivity index (χ4v) is 0.938. The molecule has 1 amide bonds. The third-order valence-corrected chi connectivity index (χ3v) is 1.96. The first kappa shape index (κ1) is 11.0. The highest BCUT2D eigenvalue weighted by atomic mass is 16.4. The molecule has 0 bridgehead atoms. The van der Waals surface area contributed by atoms with Crippen molar-refractivity contribution in [2.75, 3.05) is 0 Å². The summed E-state index contributed by atoms with van der Waals surface area (Å²) >= 11 is 0. The van der Waals surface area contributed by atoms with Crippen molar-refractivity contribution in [1.82, 2.24) is 15.3 Å². The molecule has 0 spiro atoms. The van der Waals surface area contributed by atoms with Crippen LogP contribution < -0.4 is 11.1 Å². The second-order valence-electron chi connectivity index (χ2n) is 3.04. The van der Waals surface area contributed by atoms with Crippen molar-refractivity contribution < 1.29 is 10.0 Å². The molecular weight excluding hydrogens is 198 g/mol. The van der Waals surface area contributed by atoms with Gasteiger partial charge in [-0.1, -0.05) is 5.16 Å². The van der Waals surface area contributed by atoms with E-state index in [1.54, 1.807) is 13.1 Å². The lowest BCUT2D eigenvalue weighted by Gasteiger charge is -2.09. The van der Waals surface area contributed by atoms with Crippen LogP contribution in [-0.2, 0) is 11.3 Å². The summed E-state index contributed by atoms with van der Waals surface area (Å²) in [4.78, 5) is 18.1. The number of oxime groups is 1. The molecule has 82 valence electrons. The van der Waals surface area contributed by atoms with E-state index in [1.807, 2.05) is 0 Å². The Kier molecular flexibility index (Phi) is 3.67. The van der Waals surface area contributed by atoms with Gasteiger partial charge in [-0.15, -0.1) is 0 Å². The maximum absolute atomic E-state index is 11.4. The predicted octanol–water partition coefficient (Wildman–Crippen LogP) is -0.592. The summed E-state index contributed by atoms with van der Waals surface area (Å²) in [6, 6.07) is 0. The van der Waals surface area contributed by atoms with E-state index in [0.29, 0.717) is 6.54 Å². The zero-order valence-corrected chi connectivity index (χ0v) is 8.27. The molecule has 0 aliphatic rings. The molecule has 0 aliphatic carbocycles. The van der Waals surface area contributed by atoms with Crippen LogP contribution in [0.1, 0.15) is 12.6 Å². The molecule has 7 heteroatoms. The van der Waals surface area contributed by atoms with E-state index < -0.39 is 5.92 Å². The maximum atomic E-state index is 11.4. The molecule has 1 atom stereocenters. The molecule has 0 aromatic carbocycles. The zero-order valence-electron chi connectivity index (χ0n) is 8.27. The van der Waals surface area contributed by atoms with Crippen molar-refractivity contribution in [3.05, 3.63) is 18.2 Å². The summed E-state index contributed by atoms with van der Waals surface area (Å²) in [6.45, 7) is 1.89. The minimum atomic E-state index is -0.655. The van der Waals surface area contributed by atoms with Gasteiger partial charge in [-0.25, -0.2) is 4.98 Å². The average Bonchev–Trinajstić information content (AvgIpc) is 2.76.